The number of allylic oxidation sites excluding steroid dienone is 24. The van der Waals surface area contributed by atoms with Crippen molar-refractivity contribution in [3.63, 3.8) is 0 Å². The molecule has 2 atom stereocenters. The Bertz CT molecular complexity index is 2080. The third kappa shape index (κ3) is 76.4. The number of quaternary nitrogens is 1. The van der Waals surface area contributed by atoms with E-state index in [0.29, 0.717) is 17.4 Å². The first kappa shape index (κ1) is 90.2. The van der Waals surface area contributed by atoms with Crippen LogP contribution in [0.3, 0.4) is 0 Å². The number of carboxylic acid groups (broad SMARTS) is 1. The first-order chi connectivity index (χ1) is 46.6. The van der Waals surface area contributed by atoms with Crippen LogP contribution in [-0.4, -0.2) is 82.3 Å². The van der Waals surface area contributed by atoms with Crippen LogP contribution in [0, 0.1) is 0 Å². The minimum atomic E-state index is -1.63. The molecule has 0 radical (unpaired) electrons. The largest absolute Gasteiger partial charge is 0.545 e. The number of ether oxygens (including phenoxy) is 4. The van der Waals surface area contributed by atoms with Gasteiger partial charge in [0.2, 0.25) is 0 Å². The normalized spacial score (nSPS) is 13.5. The summed E-state index contributed by atoms with van der Waals surface area (Å²) in [5.74, 6) is -2.28. The van der Waals surface area contributed by atoms with E-state index in [1.807, 2.05) is 21.1 Å². The third-order valence-corrected chi connectivity index (χ3v) is 16.6. The summed E-state index contributed by atoms with van der Waals surface area (Å²) >= 11 is 0. The molecule has 2 unspecified atom stereocenters. The van der Waals surface area contributed by atoms with Gasteiger partial charge in [-0.3, -0.25) is 9.59 Å². The van der Waals surface area contributed by atoms with Crippen LogP contribution in [0.15, 0.2) is 146 Å². The summed E-state index contributed by atoms with van der Waals surface area (Å²) in [5, 5.41) is 11.9. The van der Waals surface area contributed by atoms with E-state index < -0.39 is 24.3 Å². The molecule has 0 saturated carbocycles. The summed E-state index contributed by atoms with van der Waals surface area (Å²) < 4.78 is 22.9. The minimum Gasteiger partial charge on any atom is -0.545 e. The van der Waals surface area contributed by atoms with E-state index in [4.69, 9.17) is 18.9 Å². The Kier molecular flexibility index (Phi) is 71.1. The fraction of sp³-hybridized carbons (Fsp3) is 0.686. The number of carbonyl (C=O) groups is 3. The number of hydrogen-bond donors (Lipinski definition) is 0. The zero-order chi connectivity index (χ0) is 69.0. The lowest BCUT2D eigenvalue weighted by Crippen LogP contribution is -2.44. The van der Waals surface area contributed by atoms with Crippen molar-refractivity contribution in [3.05, 3.63) is 146 Å². The molecule has 0 aromatic rings. The topological polar surface area (TPSA) is 111 Å². The SMILES string of the molecule is CC/C=C\C/C=C\C/C=C\C/C=C\C/C=C\C/C=C\C/C=C\CCCCCCCCCCCCCC(=O)OC(COC(=O)CCCCCCCCCCCCCCCCCCCCCCC/C=C\C/C=C\C/C=C\C/C=C\C/C=C\CC)COC(OCC[N+](C)(C)C)C(=O)[O-]. The van der Waals surface area contributed by atoms with Gasteiger partial charge in [-0.05, 0) is 116 Å². The van der Waals surface area contributed by atoms with Gasteiger partial charge in [-0.25, -0.2) is 0 Å². The highest BCUT2D eigenvalue weighted by Gasteiger charge is 2.22. The molecule has 0 aromatic carbocycles. The first-order valence-corrected chi connectivity index (χ1v) is 39.0. The predicted molar refractivity (Wildman–Crippen MR) is 407 cm³/mol. The summed E-state index contributed by atoms with van der Waals surface area (Å²) in [6, 6.07) is 0. The summed E-state index contributed by atoms with van der Waals surface area (Å²) in [6.07, 6.45) is 107. The van der Waals surface area contributed by atoms with Gasteiger partial charge in [-0.1, -0.05) is 339 Å². The standard InChI is InChI=1S/C86H145NO8/c1-6-8-10-12-14-16-18-20-22-24-26-28-30-32-34-36-38-40-41-42-43-45-46-48-50-52-54-56-58-60-62-64-66-68-70-72-74-76-83(88)93-80-82(81-94-86(85(90)91)92-79-78-87(3,4)5)95-84(89)77-75-73-71-69-67-65-63-61-59-57-55-53-51-49-47-44-39-37-35-33-31-29-27-25-23-21-19-17-15-13-11-9-7-2/h8-11,14-17,20-23,26-29,32-35,39,44,49,51,82,86H,6-7,12-13,18-19,24-25,30-31,36-38,40-43,45-48,50,52-81H2,1-5H3/b10-8-,11-9-,16-14-,17-15-,22-20-,23-21-,28-26-,29-27-,34-32-,35-33-,44-39-,51-49-. The molecule has 0 aliphatic carbocycles. The quantitative estimate of drug-likeness (QED) is 0.0195. The molecule has 0 aliphatic rings. The molecule has 9 nitrogen and oxygen atoms in total. The fourth-order valence-electron chi connectivity index (χ4n) is 10.7. The van der Waals surface area contributed by atoms with Crippen molar-refractivity contribution in [3.8, 4) is 0 Å². The molecule has 0 heterocycles. The number of esters is 2. The number of carbonyl (C=O) groups excluding carboxylic acids is 3. The van der Waals surface area contributed by atoms with Crippen molar-refractivity contribution in [2.24, 2.45) is 0 Å². The van der Waals surface area contributed by atoms with Crippen LogP contribution < -0.4 is 5.11 Å². The van der Waals surface area contributed by atoms with E-state index in [0.717, 1.165) is 122 Å². The Morgan fingerprint density at radius 2 is 0.568 bits per heavy atom. The molecule has 9 heteroatoms. The van der Waals surface area contributed by atoms with E-state index in [9.17, 15) is 19.5 Å². The van der Waals surface area contributed by atoms with Gasteiger partial charge in [0.25, 0.3) is 0 Å². The summed E-state index contributed by atoms with van der Waals surface area (Å²) in [7, 11) is 5.93. The molecule has 0 aliphatic heterocycles. The first-order valence-electron chi connectivity index (χ1n) is 39.0. The second-order valence-corrected chi connectivity index (χ2v) is 26.9. The van der Waals surface area contributed by atoms with Gasteiger partial charge in [-0.15, -0.1) is 0 Å². The van der Waals surface area contributed by atoms with Crippen LogP contribution in [0.25, 0.3) is 0 Å². The Balaban J connectivity index is 4.06. The van der Waals surface area contributed by atoms with Crippen molar-refractivity contribution >= 4 is 17.9 Å². The Morgan fingerprint density at radius 1 is 0.316 bits per heavy atom. The highest BCUT2D eigenvalue weighted by Crippen LogP contribution is 2.18. The van der Waals surface area contributed by atoms with Gasteiger partial charge in [-0.2, -0.15) is 0 Å². The summed E-state index contributed by atoms with van der Waals surface area (Å²) in [6.45, 7) is 4.54. The maximum absolute atomic E-state index is 13.0. The number of nitrogens with zero attached hydrogens (tertiary/aromatic N) is 1. The van der Waals surface area contributed by atoms with Gasteiger partial charge < -0.3 is 33.3 Å². The molecule has 0 fully saturated rings. The second kappa shape index (κ2) is 75.0. The third-order valence-electron chi connectivity index (χ3n) is 16.6. The highest BCUT2D eigenvalue weighted by atomic mass is 16.7. The average Bonchev–Trinajstić information content (AvgIpc) is 3.75. The van der Waals surface area contributed by atoms with Gasteiger partial charge >= 0.3 is 11.9 Å². The van der Waals surface area contributed by atoms with Crippen LogP contribution in [-0.2, 0) is 33.3 Å². The van der Waals surface area contributed by atoms with Crippen molar-refractivity contribution in [2.75, 3.05) is 47.5 Å². The van der Waals surface area contributed by atoms with Crippen molar-refractivity contribution in [2.45, 2.75) is 334 Å². The van der Waals surface area contributed by atoms with Crippen molar-refractivity contribution < 1.29 is 42.9 Å². The Labute approximate surface area is 585 Å². The van der Waals surface area contributed by atoms with Crippen LogP contribution in [0.5, 0.6) is 0 Å². The molecule has 0 N–H and O–H groups in total. The molecule has 0 spiro atoms. The van der Waals surface area contributed by atoms with Gasteiger partial charge in [0, 0.05) is 12.8 Å². The van der Waals surface area contributed by atoms with E-state index in [1.165, 1.54) is 167 Å². The van der Waals surface area contributed by atoms with Gasteiger partial charge in [0.1, 0.15) is 13.2 Å². The number of carboxylic acids is 1. The minimum absolute atomic E-state index is 0.143. The molecule has 542 valence electrons. The van der Waals surface area contributed by atoms with E-state index in [1.54, 1.807) is 0 Å². The molecular weight excluding hydrogens is 1170 g/mol. The summed E-state index contributed by atoms with van der Waals surface area (Å²) in [5.41, 5.74) is 0. The number of likely N-dealkylation sites (N-methyl/N-ethyl adjacent to an activating group) is 1. The Morgan fingerprint density at radius 3 is 0.842 bits per heavy atom. The molecule has 0 saturated heterocycles. The number of rotatable bonds is 71. The van der Waals surface area contributed by atoms with E-state index in [-0.39, 0.29) is 38.6 Å². The molecule has 0 amide bonds. The van der Waals surface area contributed by atoms with Crippen LogP contribution in [0.4, 0.5) is 0 Å². The molecule has 0 bridgehead atoms. The van der Waals surface area contributed by atoms with Crippen molar-refractivity contribution in [1.82, 2.24) is 0 Å². The lowest BCUT2D eigenvalue weighted by Gasteiger charge is -2.26. The highest BCUT2D eigenvalue weighted by molar-refractivity contribution is 5.70. The lowest BCUT2D eigenvalue weighted by molar-refractivity contribution is -0.870. The smallest absolute Gasteiger partial charge is 0.306 e. The maximum Gasteiger partial charge on any atom is 0.306 e. The van der Waals surface area contributed by atoms with Crippen LogP contribution in [0.1, 0.15) is 322 Å². The average molecular weight is 1320 g/mol. The van der Waals surface area contributed by atoms with Crippen molar-refractivity contribution in [1.29, 1.82) is 0 Å². The molecule has 0 aromatic heterocycles. The van der Waals surface area contributed by atoms with Gasteiger partial charge in [0.05, 0.1) is 40.3 Å². The predicted octanol–water partition coefficient (Wildman–Crippen LogP) is 23.7. The van der Waals surface area contributed by atoms with E-state index >= 15 is 0 Å². The monoisotopic (exact) mass is 1320 g/mol. The fourth-order valence-corrected chi connectivity index (χ4v) is 10.7. The summed E-state index contributed by atoms with van der Waals surface area (Å²) in [4.78, 5) is 37.6. The second-order valence-electron chi connectivity index (χ2n) is 26.9. The number of hydrogen-bond acceptors (Lipinski definition) is 8. The molecule has 0 rings (SSSR count). The van der Waals surface area contributed by atoms with Crippen LogP contribution in [0.2, 0.25) is 0 Å². The maximum atomic E-state index is 13.0. The number of aliphatic carboxylic acids is 1. The van der Waals surface area contributed by atoms with E-state index in [2.05, 4.69) is 160 Å². The number of unbranched alkanes of at least 4 members (excludes halogenated alkanes) is 32. The Hall–Kier alpha value is -4.83. The lowest BCUT2D eigenvalue weighted by atomic mass is 10.0. The molecule has 95 heavy (non-hydrogen) atoms. The van der Waals surface area contributed by atoms with Gasteiger partial charge in [0.15, 0.2) is 12.4 Å². The zero-order valence-electron chi connectivity index (χ0n) is 62.0. The van der Waals surface area contributed by atoms with Crippen LogP contribution >= 0.6 is 0 Å². The molecular formula is C86H145NO8. The zero-order valence-corrected chi connectivity index (χ0v) is 62.0.